The summed E-state index contributed by atoms with van der Waals surface area (Å²) in [7, 11) is 0. The molecule has 0 rings (SSSR count). The summed E-state index contributed by atoms with van der Waals surface area (Å²) in [5.41, 5.74) is 0. The van der Waals surface area contributed by atoms with Crippen molar-refractivity contribution in [1.82, 2.24) is 5.32 Å². The van der Waals surface area contributed by atoms with Crippen molar-refractivity contribution in [2.24, 2.45) is 0 Å². The Morgan fingerprint density at radius 3 is 1.76 bits per heavy atom. The number of nitrogens with one attached hydrogen (secondary N) is 1. The fourth-order valence-electron chi connectivity index (χ4n) is 3.56. The second-order valence-electron chi connectivity index (χ2n) is 7.82. The number of aliphatic carboxylic acids is 2. The van der Waals surface area contributed by atoms with E-state index in [1.54, 1.807) is 0 Å². The van der Waals surface area contributed by atoms with Gasteiger partial charge in [0.2, 0.25) is 5.91 Å². The first kappa shape index (κ1) is 27.3. The van der Waals surface area contributed by atoms with Crippen molar-refractivity contribution in [3.05, 3.63) is 0 Å². The lowest BCUT2D eigenvalue weighted by Crippen LogP contribution is -2.54. The van der Waals surface area contributed by atoms with Crippen LogP contribution < -0.4 is 5.32 Å². The predicted molar refractivity (Wildman–Crippen MR) is 112 cm³/mol. The standard InChI is InChI=1S/C21H40N2O6/c1-2-3-4-5-10-19(25)22-13-16-23(17-18-24,14-8-6-11-20(26)27)15-9-7-12-21(28)29/h24H,2-18H2,1H3,(H2-,22,25,26,27,28,29)/p+1. The Balaban J connectivity index is 4.63. The highest BCUT2D eigenvalue weighted by atomic mass is 16.4. The number of aliphatic hydroxyl groups excluding tert-OH is 1. The zero-order chi connectivity index (χ0) is 22.0. The highest BCUT2D eigenvalue weighted by Crippen LogP contribution is 2.14. The molecule has 0 aromatic heterocycles. The number of hydrogen-bond acceptors (Lipinski definition) is 4. The van der Waals surface area contributed by atoms with Gasteiger partial charge in [0.05, 0.1) is 32.8 Å². The van der Waals surface area contributed by atoms with Gasteiger partial charge in [-0.1, -0.05) is 26.2 Å². The van der Waals surface area contributed by atoms with E-state index in [-0.39, 0.29) is 25.4 Å². The predicted octanol–water partition coefficient (Wildman–Crippen LogP) is 2.39. The van der Waals surface area contributed by atoms with Gasteiger partial charge in [-0.25, -0.2) is 0 Å². The largest absolute Gasteiger partial charge is 0.481 e. The molecule has 0 aliphatic heterocycles. The molecule has 0 aromatic rings. The molecule has 0 saturated carbocycles. The van der Waals surface area contributed by atoms with E-state index in [4.69, 9.17) is 10.2 Å². The maximum Gasteiger partial charge on any atom is 0.303 e. The molecular weight excluding hydrogens is 376 g/mol. The van der Waals surface area contributed by atoms with Gasteiger partial charge in [0.15, 0.2) is 0 Å². The zero-order valence-electron chi connectivity index (χ0n) is 18.0. The summed E-state index contributed by atoms with van der Waals surface area (Å²) in [4.78, 5) is 33.5. The molecule has 0 atom stereocenters. The Morgan fingerprint density at radius 1 is 0.724 bits per heavy atom. The number of rotatable bonds is 20. The van der Waals surface area contributed by atoms with Crippen LogP contribution in [-0.2, 0) is 14.4 Å². The molecule has 4 N–H and O–H groups in total. The van der Waals surface area contributed by atoms with Crippen molar-refractivity contribution in [1.29, 1.82) is 0 Å². The summed E-state index contributed by atoms with van der Waals surface area (Å²) in [6.45, 7) is 5.24. The zero-order valence-corrected chi connectivity index (χ0v) is 18.0. The highest BCUT2D eigenvalue weighted by molar-refractivity contribution is 5.75. The Hall–Kier alpha value is -1.67. The molecule has 0 spiro atoms. The van der Waals surface area contributed by atoms with E-state index in [0.29, 0.717) is 56.5 Å². The van der Waals surface area contributed by atoms with Gasteiger partial charge in [0.1, 0.15) is 6.54 Å². The molecule has 0 fully saturated rings. The maximum absolute atomic E-state index is 12.0. The van der Waals surface area contributed by atoms with E-state index >= 15 is 0 Å². The highest BCUT2D eigenvalue weighted by Gasteiger charge is 2.26. The Kier molecular flexibility index (Phi) is 16.2. The van der Waals surface area contributed by atoms with E-state index in [1.807, 2.05) is 0 Å². The molecule has 1 amide bonds. The van der Waals surface area contributed by atoms with Gasteiger partial charge in [0, 0.05) is 19.3 Å². The molecule has 8 heteroatoms. The fourth-order valence-corrected chi connectivity index (χ4v) is 3.56. The molecule has 0 unspecified atom stereocenters. The number of aliphatic hydroxyl groups is 1. The number of carbonyl (C=O) groups excluding carboxylic acids is 1. The monoisotopic (exact) mass is 417 g/mol. The first-order valence-corrected chi connectivity index (χ1v) is 11.0. The topological polar surface area (TPSA) is 124 Å². The lowest BCUT2D eigenvalue weighted by molar-refractivity contribution is -0.927. The van der Waals surface area contributed by atoms with E-state index in [0.717, 1.165) is 38.5 Å². The van der Waals surface area contributed by atoms with Crippen LogP contribution in [0.4, 0.5) is 0 Å². The molecule has 170 valence electrons. The molecule has 0 aromatic carbocycles. The number of carboxylic acids is 2. The number of carboxylic acid groups (broad SMARTS) is 2. The summed E-state index contributed by atoms with van der Waals surface area (Å²) >= 11 is 0. The Bertz CT molecular complexity index is 448. The summed E-state index contributed by atoms with van der Waals surface area (Å²) in [5, 5.41) is 30.2. The first-order chi connectivity index (χ1) is 13.8. The van der Waals surface area contributed by atoms with Crippen LogP contribution in [0.1, 0.15) is 77.6 Å². The van der Waals surface area contributed by atoms with Crippen LogP contribution in [0, 0.1) is 0 Å². The third kappa shape index (κ3) is 15.9. The average Bonchev–Trinajstić information content (AvgIpc) is 2.66. The molecule has 0 heterocycles. The molecule has 8 nitrogen and oxygen atoms in total. The average molecular weight is 418 g/mol. The van der Waals surface area contributed by atoms with E-state index < -0.39 is 11.9 Å². The number of hydrogen-bond donors (Lipinski definition) is 4. The second-order valence-corrected chi connectivity index (χ2v) is 7.82. The summed E-state index contributed by atoms with van der Waals surface area (Å²) in [5.74, 6) is -1.59. The van der Waals surface area contributed by atoms with Crippen LogP contribution in [0.25, 0.3) is 0 Å². The fraction of sp³-hybridized carbons (Fsp3) is 0.857. The van der Waals surface area contributed by atoms with Gasteiger partial charge in [-0.05, 0) is 32.1 Å². The summed E-state index contributed by atoms with van der Waals surface area (Å²) in [6.07, 6.45) is 7.55. The SMILES string of the molecule is CCCCCCC(=O)NCC[N+](CCO)(CCCCC(=O)O)CCCCC(=O)O. The van der Waals surface area contributed by atoms with Crippen molar-refractivity contribution < 1.29 is 34.2 Å². The van der Waals surface area contributed by atoms with E-state index in [2.05, 4.69) is 12.2 Å². The van der Waals surface area contributed by atoms with Crippen molar-refractivity contribution in [2.75, 3.05) is 39.3 Å². The molecular formula is C21H41N2O6+. The lowest BCUT2D eigenvalue weighted by atomic mass is 10.1. The molecule has 0 saturated heterocycles. The van der Waals surface area contributed by atoms with Crippen molar-refractivity contribution in [3.63, 3.8) is 0 Å². The smallest absolute Gasteiger partial charge is 0.303 e. The maximum atomic E-state index is 12.0. The van der Waals surface area contributed by atoms with Gasteiger partial charge in [-0.15, -0.1) is 0 Å². The minimum absolute atomic E-state index is 0.00280. The van der Waals surface area contributed by atoms with Gasteiger partial charge in [0.25, 0.3) is 0 Å². The van der Waals surface area contributed by atoms with Gasteiger partial charge in [-0.2, -0.15) is 0 Å². The molecule has 0 aliphatic carbocycles. The van der Waals surface area contributed by atoms with Crippen LogP contribution in [0.2, 0.25) is 0 Å². The van der Waals surface area contributed by atoms with E-state index in [1.165, 1.54) is 0 Å². The van der Waals surface area contributed by atoms with Crippen LogP contribution in [0.3, 0.4) is 0 Å². The van der Waals surface area contributed by atoms with Crippen LogP contribution in [-0.4, -0.2) is 77.0 Å². The first-order valence-electron chi connectivity index (χ1n) is 11.0. The number of nitrogens with zero attached hydrogens (tertiary/aromatic N) is 1. The van der Waals surface area contributed by atoms with Crippen LogP contribution in [0.5, 0.6) is 0 Å². The molecule has 0 bridgehead atoms. The Morgan fingerprint density at radius 2 is 1.28 bits per heavy atom. The second kappa shape index (κ2) is 17.2. The van der Waals surface area contributed by atoms with Crippen molar-refractivity contribution in [3.8, 4) is 0 Å². The number of amides is 1. The van der Waals surface area contributed by atoms with Gasteiger partial charge in [-0.3, -0.25) is 14.4 Å². The lowest BCUT2D eigenvalue weighted by Gasteiger charge is -2.39. The third-order valence-corrected chi connectivity index (χ3v) is 5.29. The number of carbonyl (C=O) groups is 3. The van der Waals surface area contributed by atoms with Crippen LogP contribution >= 0.6 is 0 Å². The van der Waals surface area contributed by atoms with Crippen LogP contribution in [0.15, 0.2) is 0 Å². The minimum Gasteiger partial charge on any atom is -0.481 e. The van der Waals surface area contributed by atoms with E-state index in [9.17, 15) is 19.5 Å². The van der Waals surface area contributed by atoms with Gasteiger partial charge < -0.3 is 25.1 Å². The van der Waals surface area contributed by atoms with Crippen molar-refractivity contribution in [2.45, 2.75) is 77.6 Å². The normalized spacial score (nSPS) is 11.4. The molecule has 0 radical (unpaired) electrons. The minimum atomic E-state index is -0.818. The number of unbranched alkanes of at least 4 members (excludes halogenated alkanes) is 5. The Labute approximate surface area is 174 Å². The van der Waals surface area contributed by atoms with Crippen molar-refractivity contribution >= 4 is 17.8 Å². The summed E-state index contributed by atoms with van der Waals surface area (Å²) < 4.78 is 0.575. The number of quaternary nitrogens is 1. The van der Waals surface area contributed by atoms with Gasteiger partial charge >= 0.3 is 11.9 Å². The summed E-state index contributed by atoms with van der Waals surface area (Å²) in [6, 6.07) is 0. The molecule has 0 aliphatic rings. The quantitative estimate of drug-likeness (QED) is 0.178. The molecule has 29 heavy (non-hydrogen) atoms. The third-order valence-electron chi connectivity index (χ3n) is 5.29.